The van der Waals surface area contributed by atoms with Crippen molar-refractivity contribution in [3.8, 4) is 17.2 Å². The lowest BCUT2D eigenvalue weighted by Gasteiger charge is -2.53. The van der Waals surface area contributed by atoms with E-state index >= 15 is 8.78 Å². The van der Waals surface area contributed by atoms with Gasteiger partial charge in [-0.05, 0) is 31.1 Å². The summed E-state index contributed by atoms with van der Waals surface area (Å²) in [6.07, 6.45) is 3.23. The van der Waals surface area contributed by atoms with Gasteiger partial charge in [0.2, 0.25) is 5.89 Å². The number of nitrogens with one attached hydrogen (secondary N) is 1. The van der Waals surface area contributed by atoms with Gasteiger partial charge in [0.05, 0.1) is 17.3 Å². The largest absolute Gasteiger partial charge is 0.461 e. The first kappa shape index (κ1) is 24.6. The highest BCUT2D eigenvalue weighted by atomic mass is 19.3. The smallest absolute Gasteiger partial charge is 0.434 e. The first-order valence-corrected chi connectivity index (χ1v) is 11.8. The number of aromatic amines is 1. The van der Waals surface area contributed by atoms with Gasteiger partial charge in [-0.15, -0.1) is 5.10 Å². The van der Waals surface area contributed by atoms with Crippen LogP contribution < -0.4 is 5.76 Å². The Kier molecular flexibility index (Phi) is 5.62. The molecule has 1 aliphatic heterocycles. The summed E-state index contributed by atoms with van der Waals surface area (Å²) in [6.45, 7) is 4.80. The number of esters is 1. The normalized spacial score (nSPS) is 30.6. The van der Waals surface area contributed by atoms with Crippen molar-refractivity contribution in [1.82, 2.24) is 15.2 Å². The van der Waals surface area contributed by atoms with Crippen LogP contribution in [0.3, 0.4) is 0 Å². The number of fused-ring (bicyclic) bond motifs is 1. The fourth-order valence-electron chi connectivity index (χ4n) is 5.94. The lowest BCUT2D eigenvalue weighted by atomic mass is 9.48. The van der Waals surface area contributed by atoms with Crippen LogP contribution in [0.1, 0.15) is 44.3 Å². The molecular weight excluding hydrogens is 482 g/mol. The minimum Gasteiger partial charge on any atom is -0.461 e. The highest BCUT2D eigenvalue weighted by molar-refractivity contribution is 5.86. The zero-order valence-corrected chi connectivity index (χ0v) is 20.4. The van der Waals surface area contributed by atoms with Crippen molar-refractivity contribution in [3.05, 3.63) is 76.4 Å². The van der Waals surface area contributed by atoms with Crippen LogP contribution in [0.15, 0.2) is 57.9 Å². The van der Waals surface area contributed by atoms with E-state index in [1.54, 1.807) is 56.5 Å². The molecule has 1 aromatic carbocycles. The zero-order valence-electron chi connectivity index (χ0n) is 20.4. The predicted octanol–water partition coefficient (Wildman–Crippen LogP) is 4.49. The summed E-state index contributed by atoms with van der Waals surface area (Å²) in [4.78, 5) is 29.3. The first-order valence-electron chi connectivity index (χ1n) is 11.8. The Hall–Kier alpha value is -4.13. The number of cyclic esters (lactones) is 1. The van der Waals surface area contributed by atoms with Crippen LogP contribution in [0.2, 0.25) is 0 Å². The molecule has 8 nitrogen and oxygen atoms in total. The molecule has 3 aromatic rings. The third-order valence-corrected chi connectivity index (χ3v) is 8.22. The maximum Gasteiger partial charge on any atom is 0.434 e. The van der Waals surface area contributed by atoms with Gasteiger partial charge in [0.25, 0.3) is 5.92 Å². The van der Waals surface area contributed by atoms with Crippen LogP contribution in [0.25, 0.3) is 17.2 Å². The van der Waals surface area contributed by atoms with Crippen LogP contribution in [-0.2, 0) is 14.9 Å². The molecular formula is C27H24F2N4O4. The number of aromatic nitrogens is 3. The summed E-state index contributed by atoms with van der Waals surface area (Å²) in [5.41, 5.74) is -0.637. The molecule has 5 atom stereocenters. The molecule has 2 fully saturated rings. The van der Waals surface area contributed by atoms with Crippen molar-refractivity contribution in [2.45, 2.75) is 44.6 Å². The number of nitrogens with zero attached hydrogens (tertiary/aromatic N) is 3. The van der Waals surface area contributed by atoms with Crippen molar-refractivity contribution < 1.29 is 22.7 Å². The lowest BCUT2D eigenvalue weighted by molar-refractivity contribution is -0.174. The minimum absolute atomic E-state index is 0.391. The van der Waals surface area contributed by atoms with E-state index in [2.05, 4.69) is 21.3 Å². The van der Waals surface area contributed by atoms with E-state index in [9.17, 15) is 14.9 Å². The summed E-state index contributed by atoms with van der Waals surface area (Å²) >= 11 is 0. The molecule has 3 heterocycles. The molecule has 1 N–H and O–H groups in total. The first-order chi connectivity index (χ1) is 17.5. The maximum atomic E-state index is 15.5. The van der Waals surface area contributed by atoms with E-state index in [0.717, 1.165) is 11.1 Å². The van der Waals surface area contributed by atoms with E-state index in [4.69, 9.17) is 9.15 Å². The Balaban J connectivity index is 1.56. The van der Waals surface area contributed by atoms with Gasteiger partial charge in [0.15, 0.2) is 5.41 Å². The number of pyridine rings is 1. The van der Waals surface area contributed by atoms with Crippen molar-refractivity contribution in [1.29, 1.82) is 5.26 Å². The molecule has 1 saturated carbocycles. The summed E-state index contributed by atoms with van der Waals surface area (Å²) in [7, 11) is 0. The van der Waals surface area contributed by atoms with E-state index in [1.807, 2.05) is 12.1 Å². The van der Waals surface area contributed by atoms with Crippen LogP contribution >= 0.6 is 0 Å². The molecule has 0 spiro atoms. The number of carbonyl (C=O) groups is 1. The summed E-state index contributed by atoms with van der Waals surface area (Å²) < 4.78 is 41.6. The molecule has 0 amide bonds. The van der Waals surface area contributed by atoms with E-state index in [1.165, 1.54) is 6.92 Å². The molecule has 1 aliphatic carbocycles. The SMILES string of the molecule is CC1C(C=Cc2ccc(-c3ccccc3C#N)cn2)C2(C)C(C)OC(=O)C2(c2n[nH]c(=O)o2)CC1(F)F. The van der Waals surface area contributed by atoms with E-state index in [-0.39, 0.29) is 0 Å². The Morgan fingerprint density at radius 2 is 1.95 bits per heavy atom. The Morgan fingerprint density at radius 3 is 2.59 bits per heavy atom. The number of rotatable bonds is 4. The Morgan fingerprint density at radius 1 is 1.19 bits per heavy atom. The molecule has 2 aromatic heterocycles. The second-order valence-electron chi connectivity index (χ2n) is 9.89. The molecule has 190 valence electrons. The quantitative estimate of drug-likeness (QED) is 0.518. The molecule has 2 aliphatic rings. The molecule has 10 heteroatoms. The predicted molar refractivity (Wildman–Crippen MR) is 128 cm³/mol. The number of ether oxygens (including phenoxy) is 1. The average molecular weight is 507 g/mol. The summed E-state index contributed by atoms with van der Waals surface area (Å²) in [5.74, 6) is -7.52. The van der Waals surface area contributed by atoms with Gasteiger partial charge in [-0.25, -0.2) is 18.7 Å². The van der Waals surface area contributed by atoms with Gasteiger partial charge < -0.3 is 9.15 Å². The van der Waals surface area contributed by atoms with Gasteiger partial charge in [0.1, 0.15) is 6.10 Å². The highest BCUT2D eigenvalue weighted by Gasteiger charge is 2.77. The fraction of sp³-hybridized carbons (Fsp3) is 0.370. The number of alkyl halides is 2. The van der Waals surface area contributed by atoms with Gasteiger partial charge in [0, 0.05) is 35.1 Å². The Labute approximate surface area is 211 Å². The summed E-state index contributed by atoms with van der Waals surface area (Å²) in [5, 5.41) is 15.3. The number of H-pyrrole nitrogens is 1. The number of allylic oxidation sites excluding steroid dienone is 1. The number of hydrogen-bond acceptors (Lipinski definition) is 7. The molecule has 0 radical (unpaired) electrons. The monoisotopic (exact) mass is 506 g/mol. The second-order valence-corrected chi connectivity index (χ2v) is 9.89. The van der Waals surface area contributed by atoms with Gasteiger partial charge in [-0.3, -0.25) is 9.78 Å². The standard InChI is InChI=1S/C27H24F2N4O4/c1-15-21(11-10-19-9-8-18(13-31-19)20-7-5-4-6-17(20)12-30)25(3)16(2)36-23(34)26(25,14-27(15,28)29)22-32-33-24(35)37-22/h4-11,13,15-16,21H,14H2,1-3H3,(H,33,35). The molecule has 0 bridgehead atoms. The van der Waals surface area contributed by atoms with Crippen molar-refractivity contribution >= 4 is 12.0 Å². The Bertz CT molecular complexity index is 1490. The van der Waals surface area contributed by atoms with Crippen LogP contribution in [-0.4, -0.2) is 33.2 Å². The molecule has 1 saturated heterocycles. The molecule has 5 unspecified atom stereocenters. The van der Waals surface area contributed by atoms with Gasteiger partial charge in [-0.1, -0.05) is 44.2 Å². The van der Waals surface area contributed by atoms with Crippen molar-refractivity contribution in [2.75, 3.05) is 0 Å². The highest BCUT2D eigenvalue weighted by Crippen LogP contribution is 2.66. The zero-order chi connectivity index (χ0) is 26.6. The number of carbonyl (C=O) groups excluding carboxylic acids is 1. The lowest BCUT2D eigenvalue weighted by Crippen LogP contribution is -2.62. The van der Waals surface area contributed by atoms with Gasteiger partial charge in [-0.2, -0.15) is 5.26 Å². The number of hydrogen-bond donors (Lipinski definition) is 1. The third-order valence-electron chi connectivity index (χ3n) is 8.22. The fourth-order valence-corrected chi connectivity index (χ4v) is 5.94. The number of benzene rings is 1. The van der Waals surface area contributed by atoms with Gasteiger partial charge >= 0.3 is 11.7 Å². The van der Waals surface area contributed by atoms with E-state index in [0.29, 0.717) is 11.3 Å². The van der Waals surface area contributed by atoms with Crippen LogP contribution in [0.5, 0.6) is 0 Å². The minimum atomic E-state index is -3.28. The summed E-state index contributed by atoms with van der Waals surface area (Å²) in [6, 6.07) is 12.8. The van der Waals surface area contributed by atoms with Crippen LogP contribution in [0.4, 0.5) is 8.78 Å². The number of nitriles is 1. The third kappa shape index (κ3) is 3.52. The molecule has 37 heavy (non-hydrogen) atoms. The second kappa shape index (κ2) is 8.47. The maximum absolute atomic E-state index is 15.5. The van der Waals surface area contributed by atoms with E-state index < -0.39 is 58.7 Å². The van der Waals surface area contributed by atoms with Crippen molar-refractivity contribution in [3.63, 3.8) is 0 Å². The topological polar surface area (TPSA) is 122 Å². The average Bonchev–Trinajstić information content (AvgIpc) is 3.39. The van der Waals surface area contributed by atoms with Crippen LogP contribution in [0, 0.1) is 28.6 Å². The number of halogens is 2. The van der Waals surface area contributed by atoms with Crippen molar-refractivity contribution in [2.24, 2.45) is 17.3 Å². The molecule has 5 rings (SSSR count).